The Balaban J connectivity index is 2.41. The van der Waals surface area contributed by atoms with Crippen molar-refractivity contribution in [3.8, 4) is 0 Å². The van der Waals surface area contributed by atoms with Crippen LogP contribution in [0.2, 0.25) is 5.02 Å². The Bertz CT molecular complexity index is 563. The van der Waals surface area contributed by atoms with E-state index in [2.05, 4.69) is 26.1 Å². The zero-order chi connectivity index (χ0) is 14.0. The molecule has 0 aliphatic heterocycles. The van der Waals surface area contributed by atoms with E-state index in [1.807, 2.05) is 18.4 Å². The van der Waals surface area contributed by atoms with Crippen LogP contribution in [0.25, 0.3) is 0 Å². The van der Waals surface area contributed by atoms with Crippen LogP contribution >= 0.6 is 27.5 Å². The molecule has 1 aromatic heterocycles. The molecule has 0 bridgehead atoms. The molecule has 6 heteroatoms. The summed E-state index contributed by atoms with van der Waals surface area (Å²) in [5.74, 6) is 1.24. The van der Waals surface area contributed by atoms with Crippen LogP contribution in [-0.4, -0.2) is 14.8 Å². The van der Waals surface area contributed by atoms with Gasteiger partial charge in [0.05, 0.1) is 5.33 Å². The van der Waals surface area contributed by atoms with Crippen LogP contribution in [0, 0.1) is 5.82 Å². The zero-order valence-corrected chi connectivity index (χ0v) is 13.0. The summed E-state index contributed by atoms with van der Waals surface area (Å²) in [6, 6.07) is 4.89. The summed E-state index contributed by atoms with van der Waals surface area (Å²) in [6.07, 6.45) is 0.337. The molecule has 19 heavy (non-hydrogen) atoms. The maximum atomic E-state index is 13.8. The van der Waals surface area contributed by atoms with E-state index in [1.165, 1.54) is 6.07 Å². The summed E-state index contributed by atoms with van der Waals surface area (Å²) in [7, 11) is 0. The Morgan fingerprint density at radius 2 is 2.00 bits per heavy atom. The van der Waals surface area contributed by atoms with Crippen molar-refractivity contribution in [2.24, 2.45) is 0 Å². The van der Waals surface area contributed by atoms with E-state index in [-0.39, 0.29) is 11.9 Å². The normalized spacial score (nSPS) is 11.3. The Morgan fingerprint density at radius 3 is 2.58 bits per heavy atom. The first-order chi connectivity index (χ1) is 9.04. The number of rotatable bonds is 4. The van der Waals surface area contributed by atoms with Crippen LogP contribution in [0.3, 0.4) is 0 Å². The highest BCUT2D eigenvalue weighted by molar-refractivity contribution is 9.08. The molecule has 0 saturated carbocycles. The molecule has 102 valence electrons. The number of benzene rings is 1. The molecule has 0 radical (unpaired) electrons. The van der Waals surface area contributed by atoms with E-state index in [4.69, 9.17) is 11.6 Å². The van der Waals surface area contributed by atoms with Crippen molar-refractivity contribution in [1.82, 2.24) is 14.8 Å². The molecule has 0 aliphatic rings. The predicted octanol–water partition coefficient (Wildman–Crippen LogP) is 4.14. The third-order valence-corrected chi connectivity index (χ3v) is 3.73. The summed E-state index contributed by atoms with van der Waals surface area (Å²) in [5, 5.41) is 9.29. The van der Waals surface area contributed by atoms with E-state index in [0.29, 0.717) is 22.3 Å². The number of nitrogens with zero attached hydrogens (tertiary/aromatic N) is 3. The average molecular weight is 347 g/mol. The first kappa shape index (κ1) is 14.5. The smallest absolute Gasteiger partial charge is 0.143 e. The van der Waals surface area contributed by atoms with E-state index in [0.717, 1.165) is 11.6 Å². The average Bonchev–Trinajstić information content (AvgIpc) is 2.77. The van der Waals surface area contributed by atoms with E-state index in [1.54, 1.807) is 12.1 Å². The standard InChI is InChI=1S/C13H14BrClFN3/c1-8(2)19-12(17-18-13(19)7-14)6-9-10(15)4-3-5-11(9)16/h3-5,8H,6-7H2,1-2H3. The lowest BCUT2D eigenvalue weighted by atomic mass is 10.1. The number of hydrogen-bond donors (Lipinski definition) is 0. The molecular weight excluding hydrogens is 333 g/mol. The molecule has 0 spiro atoms. The molecule has 1 heterocycles. The molecule has 2 rings (SSSR count). The van der Waals surface area contributed by atoms with Gasteiger partial charge in [-0.1, -0.05) is 33.6 Å². The topological polar surface area (TPSA) is 30.7 Å². The highest BCUT2D eigenvalue weighted by Crippen LogP contribution is 2.23. The van der Waals surface area contributed by atoms with Gasteiger partial charge in [-0.3, -0.25) is 0 Å². The quantitative estimate of drug-likeness (QED) is 0.779. The molecule has 0 atom stereocenters. The van der Waals surface area contributed by atoms with Gasteiger partial charge in [-0.2, -0.15) is 0 Å². The van der Waals surface area contributed by atoms with Crippen LogP contribution in [-0.2, 0) is 11.8 Å². The number of halogens is 3. The molecule has 1 aromatic carbocycles. The minimum atomic E-state index is -0.314. The van der Waals surface area contributed by atoms with Gasteiger partial charge in [-0.05, 0) is 26.0 Å². The van der Waals surface area contributed by atoms with Crippen LogP contribution in [0.15, 0.2) is 18.2 Å². The molecule has 0 N–H and O–H groups in total. The lowest BCUT2D eigenvalue weighted by Crippen LogP contribution is -2.10. The van der Waals surface area contributed by atoms with E-state index < -0.39 is 0 Å². The molecular formula is C13H14BrClFN3. The van der Waals surface area contributed by atoms with Gasteiger partial charge >= 0.3 is 0 Å². The summed E-state index contributed by atoms with van der Waals surface area (Å²) < 4.78 is 15.8. The Hall–Kier alpha value is -0.940. The first-order valence-corrected chi connectivity index (χ1v) is 7.46. The lowest BCUT2D eigenvalue weighted by Gasteiger charge is -2.13. The highest BCUT2D eigenvalue weighted by atomic mass is 79.9. The summed E-state index contributed by atoms with van der Waals surface area (Å²) >= 11 is 9.43. The molecule has 0 saturated heterocycles. The Kier molecular flexibility index (Phi) is 4.58. The summed E-state index contributed by atoms with van der Waals surface area (Å²) in [5.41, 5.74) is 0.458. The minimum absolute atomic E-state index is 0.211. The fraction of sp³-hybridized carbons (Fsp3) is 0.385. The van der Waals surface area contributed by atoms with Crippen molar-refractivity contribution in [2.75, 3.05) is 0 Å². The molecule has 0 amide bonds. The maximum absolute atomic E-state index is 13.8. The van der Waals surface area contributed by atoms with Crippen LogP contribution < -0.4 is 0 Å². The van der Waals surface area contributed by atoms with Crippen LogP contribution in [0.1, 0.15) is 37.1 Å². The maximum Gasteiger partial charge on any atom is 0.143 e. The van der Waals surface area contributed by atoms with Gasteiger partial charge in [-0.15, -0.1) is 10.2 Å². The highest BCUT2D eigenvalue weighted by Gasteiger charge is 2.17. The van der Waals surface area contributed by atoms with Crippen molar-refractivity contribution in [3.63, 3.8) is 0 Å². The number of alkyl halides is 1. The van der Waals surface area contributed by atoms with Crippen molar-refractivity contribution >= 4 is 27.5 Å². The fourth-order valence-electron chi connectivity index (χ4n) is 2.03. The van der Waals surface area contributed by atoms with E-state index >= 15 is 0 Å². The van der Waals surface area contributed by atoms with Gasteiger partial charge in [-0.25, -0.2) is 4.39 Å². The molecule has 0 fully saturated rings. The molecule has 0 aliphatic carbocycles. The number of hydrogen-bond acceptors (Lipinski definition) is 2. The molecule has 0 unspecified atom stereocenters. The Labute approximate surface area is 124 Å². The van der Waals surface area contributed by atoms with Crippen molar-refractivity contribution in [3.05, 3.63) is 46.3 Å². The lowest BCUT2D eigenvalue weighted by molar-refractivity contribution is 0.552. The fourth-order valence-corrected chi connectivity index (χ4v) is 2.64. The summed E-state index contributed by atoms with van der Waals surface area (Å²) in [6.45, 7) is 4.09. The number of aromatic nitrogens is 3. The predicted molar refractivity (Wildman–Crippen MR) is 77.3 cm³/mol. The van der Waals surface area contributed by atoms with Crippen LogP contribution in [0.4, 0.5) is 4.39 Å². The monoisotopic (exact) mass is 345 g/mol. The van der Waals surface area contributed by atoms with Crippen LogP contribution in [0.5, 0.6) is 0 Å². The van der Waals surface area contributed by atoms with E-state index in [9.17, 15) is 4.39 Å². The van der Waals surface area contributed by atoms with Gasteiger partial charge in [0.15, 0.2) is 0 Å². The largest absolute Gasteiger partial charge is 0.311 e. The van der Waals surface area contributed by atoms with Crippen molar-refractivity contribution < 1.29 is 4.39 Å². The second kappa shape index (κ2) is 6.01. The summed E-state index contributed by atoms with van der Waals surface area (Å²) in [4.78, 5) is 0. The third kappa shape index (κ3) is 2.98. The third-order valence-electron chi connectivity index (χ3n) is 2.87. The van der Waals surface area contributed by atoms with Gasteiger partial charge in [0.1, 0.15) is 17.5 Å². The van der Waals surface area contributed by atoms with Gasteiger partial charge in [0.2, 0.25) is 0 Å². The SMILES string of the molecule is CC(C)n1c(CBr)nnc1Cc1c(F)cccc1Cl. The van der Waals surface area contributed by atoms with Gasteiger partial charge in [0, 0.05) is 23.0 Å². The first-order valence-electron chi connectivity index (χ1n) is 5.96. The van der Waals surface area contributed by atoms with Gasteiger partial charge in [0.25, 0.3) is 0 Å². The second-order valence-corrected chi connectivity index (χ2v) is 5.47. The second-order valence-electron chi connectivity index (χ2n) is 4.51. The zero-order valence-electron chi connectivity index (χ0n) is 10.7. The Morgan fingerprint density at radius 1 is 1.32 bits per heavy atom. The van der Waals surface area contributed by atoms with Crippen molar-refractivity contribution in [2.45, 2.75) is 31.6 Å². The van der Waals surface area contributed by atoms with Gasteiger partial charge < -0.3 is 4.57 Å². The van der Waals surface area contributed by atoms with Crippen molar-refractivity contribution in [1.29, 1.82) is 0 Å². The molecule has 2 aromatic rings. The molecule has 3 nitrogen and oxygen atoms in total. The minimum Gasteiger partial charge on any atom is -0.311 e.